The van der Waals surface area contributed by atoms with Crippen molar-refractivity contribution in [3.8, 4) is 12.3 Å². The van der Waals surface area contributed by atoms with Gasteiger partial charge in [-0.3, -0.25) is 4.90 Å². The van der Waals surface area contributed by atoms with Gasteiger partial charge in [0.2, 0.25) is 0 Å². The number of rotatable bonds is 2. The summed E-state index contributed by atoms with van der Waals surface area (Å²) in [5, 5.41) is 0. The quantitative estimate of drug-likeness (QED) is 0.599. The molecule has 0 aliphatic carbocycles. The van der Waals surface area contributed by atoms with E-state index in [-0.39, 0.29) is 11.1 Å². The molecule has 74 valence electrons. The van der Waals surface area contributed by atoms with Crippen LogP contribution in [0.3, 0.4) is 0 Å². The molecule has 1 aliphatic rings. The van der Waals surface area contributed by atoms with Gasteiger partial charge in [-0.15, -0.1) is 6.42 Å². The summed E-state index contributed by atoms with van der Waals surface area (Å²) in [4.78, 5) is 2.30. The standard InChI is InChI=1S/C11H19NO/c1-6-10(2,3)12-8-7-11(4,9-12)13-5/h1H,7-9H2,2-5H3. The fourth-order valence-corrected chi connectivity index (χ4v) is 1.67. The van der Waals surface area contributed by atoms with Gasteiger partial charge in [0, 0.05) is 20.2 Å². The molecule has 2 heteroatoms. The molecule has 0 N–H and O–H groups in total. The Labute approximate surface area is 81.3 Å². The van der Waals surface area contributed by atoms with Crippen LogP contribution in [0.15, 0.2) is 0 Å². The van der Waals surface area contributed by atoms with Gasteiger partial charge in [0.1, 0.15) is 0 Å². The predicted octanol–water partition coefficient (Wildman–Crippen LogP) is 1.51. The molecule has 0 radical (unpaired) electrons. The Morgan fingerprint density at radius 2 is 2.15 bits per heavy atom. The van der Waals surface area contributed by atoms with E-state index in [9.17, 15) is 0 Å². The summed E-state index contributed by atoms with van der Waals surface area (Å²) < 4.78 is 5.46. The summed E-state index contributed by atoms with van der Waals surface area (Å²) in [6.45, 7) is 8.25. The molecule has 1 unspecified atom stereocenters. The second kappa shape index (κ2) is 3.32. The van der Waals surface area contributed by atoms with E-state index < -0.39 is 0 Å². The highest BCUT2D eigenvalue weighted by molar-refractivity contribution is 5.11. The van der Waals surface area contributed by atoms with E-state index in [1.54, 1.807) is 7.11 Å². The Hall–Kier alpha value is -0.520. The molecule has 1 saturated heterocycles. The van der Waals surface area contributed by atoms with Gasteiger partial charge < -0.3 is 4.74 Å². The average Bonchev–Trinajstić information content (AvgIpc) is 2.50. The van der Waals surface area contributed by atoms with Gasteiger partial charge in [0.15, 0.2) is 0 Å². The van der Waals surface area contributed by atoms with Gasteiger partial charge in [-0.2, -0.15) is 0 Å². The lowest BCUT2D eigenvalue weighted by atomic mass is 10.0. The number of methoxy groups -OCH3 is 1. The van der Waals surface area contributed by atoms with E-state index in [2.05, 4.69) is 31.6 Å². The summed E-state index contributed by atoms with van der Waals surface area (Å²) >= 11 is 0. The van der Waals surface area contributed by atoms with Crippen molar-refractivity contribution in [3.63, 3.8) is 0 Å². The molecule has 0 aromatic heterocycles. The molecule has 1 heterocycles. The fourth-order valence-electron chi connectivity index (χ4n) is 1.67. The van der Waals surface area contributed by atoms with Crippen LogP contribution in [0.1, 0.15) is 27.2 Å². The molecule has 1 aliphatic heterocycles. The molecular formula is C11H19NO. The highest BCUT2D eigenvalue weighted by Gasteiger charge is 2.39. The van der Waals surface area contributed by atoms with E-state index in [4.69, 9.17) is 11.2 Å². The van der Waals surface area contributed by atoms with Crippen LogP contribution in [0.25, 0.3) is 0 Å². The molecule has 0 aromatic carbocycles. The zero-order valence-corrected chi connectivity index (χ0v) is 9.05. The van der Waals surface area contributed by atoms with E-state index in [0.717, 1.165) is 19.5 Å². The minimum atomic E-state index is -0.143. The van der Waals surface area contributed by atoms with Gasteiger partial charge in [-0.25, -0.2) is 0 Å². The topological polar surface area (TPSA) is 12.5 Å². The Kier molecular flexibility index (Phi) is 2.70. The third-order valence-corrected chi connectivity index (χ3v) is 3.07. The van der Waals surface area contributed by atoms with Gasteiger partial charge in [0.05, 0.1) is 11.1 Å². The second-order valence-electron chi connectivity index (χ2n) is 4.53. The smallest absolute Gasteiger partial charge is 0.0789 e. The number of hydrogen-bond donors (Lipinski definition) is 0. The lowest BCUT2D eigenvalue weighted by molar-refractivity contribution is 0.00901. The molecule has 0 aromatic rings. The molecule has 1 fully saturated rings. The number of ether oxygens (including phenoxy) is 1. The maximum absolute atomic E-state index is 5.48. The summed E-state index contributed by atoms with van der Waals surface area (Å²) in [6.07, 6.45) is 6.55. The Morgan fingerprint density at radius 1 is 1.54 bits per heavy atom. The highest BCUT2D eigenvalue weighted by Crippen LogP contribution is 2.29. The summed E-state index contributed by atoms with van der Waals surface area (Å²) in [7, 11) is 1.77. The molecule has 2 nitrogen and oxygen atoms in total. The summed E-state index contributed by atoms with van der Waals surface area (Å²) in [5.41, 5.74) is -0.148. The van der Waals surface area contributed by atoms with Crippen LogP contribution in [0, 0.1) is 12.3 Å². The Balaban J connectivity index is 2.66. The Bertz CT molecular complexity index is 229. The zero-order valence-electron chi connectivity index (χ0n) is 9.05. The average molecular weight is 181 g/mol. The largest absolute Gasteiger partial charge is 0.377 e. The van der Waals surface area contributed by atoms with Crippen molar-refractivity contribution in [2.24, 2.45) is 0 Å². The molecular weight excluding hydrogens is 162 g/mol. The van der Waals surface area contributed by atoms with E-state index >= 15 is 0 Å². The van der Waals surface area contributed by atoms with Crippen molar-refractivity contribution in [2.75, 3.05) is 20.2 Å². The first-order valence-electron chi connectivity index (χ1n) is 4.71. The number of likely N-dealkylation sites (tertiary alicyclic amines) is 1. The summed E-state index contributed by atoms with van der Waals surface area (Å²) in [6, 6.07) is 0. The van der Waals surface area contributed by atoms with Gasteiger partial charge >= 0.3 is 0 Å². The minimum Gasteiger partial charge on any atom is -0.377 e. The molecule has 1 atom stereocenters. The SMILES string of the molecule is C#CC(C)(C)N1CCC(C)(OC)C1. The fraction of sp³-hybridized carbons (Fsp3) is 0.818. The van der Waals surface area contributed by atoms with Crippen LogP contribution >= 0.6 is 0 Å². The van der Waals surface area contributed by atoms with Gasteiger partial charge in [-0.1, -0.05) is 5.92 Å². The van der Waals surface area contributed by atoms with Crippen LogP contribution in [0.5, 0.6) is 0 Å². The van der Waals surface area contributed by atoms with E-state index in [1.165, 1.54) is 0 Å². The van der Waals surface area contributed by atoms with Crippen LogP contribution in [-0.2, 0) is 4.74 Å². The van der Waals surface area contributed by atoms with Crippen molar-refractivity contribution in [2.45, 2.75) is 38.3 Å². The molecule has 0 saturated carbocycles. The van der Waals surface area contributed by atoms with Gasteiger partial charge in [-0.05, 0) is 27.2 Å². The van der Waals surface area contributed by atoms with E-state index in [0.29, 0.717) is 0 Å². The molecule has 13 heavy (non-hydrogen) atoms. The Morgan fingerprint density at radius 3 is 2.54 bits per heavy atom. The molecule has 0 bridgehead atoms. The second-order valence-corrected chi connectivity index (χ2v) is 4.53. The number of hydrogen-bond acceptors (Lipinski definition) is 2. The van der Waals surface area contributed by atoms with Crippen LogP contribution in [-0.4, -0.2) is 36.2 Å². The van der Waals surface area contributed by atoms with Crippen LogP contribution < -0.4 is 0 Å². The maximum Gasteiger partial charge on any atom is 0.0789 e. The number of nitrogens with zero attached hydrogens (tertiary/aromatic N) is 1. The van der Waals surface area contributed by atoms with Gasteiger partial charge in [0.25, 0.3) is 0 Å². The van der Waals surface area contributed by atoms with Crippen molar-refractivity contribution in [1.82, 2.24) is 4.90 Å². The van der Waals surface area contributed by atoms with Crippen molar-refractivity contribution < 1.29 is 4.74 Å². The van der Waals surface area contributed by atoms with Crippen LogP contribution in [0.2, 0.25) is 0 Å². The normalized spacial score (nSPS) is 30.4. The first kappa shape index (κ1) is 10.6. The number of terminal acetylenes is 1. The highest BCUT2D eigenvalue weighted by atomic mass is 16.5. The molecule has 1 rings (SSSR count). The third kappa shape index (κ3) is 2.04. The maximum atomic E-state index is 5.48. The van der Waals surface area contributed by atoms with Crippen LogP contribution in [0.4, 0.5) is 0 Å². The van der Waals surface area contributed by atoms with Crippen molar-refractivity contribution in [3.05, 3.63) is 0 Å². The lowest BCUT2D eigenvalue weighted by Crippen LogP contribution is -2.43. The predicted molar refractivity (Wildman–Crippen MR) is 54.5 cm³/mol. The lowest BCUT2D eigenvalue weighted by Gasteiger charge is -2.32. The first-order valence-corrected chi connectivity index (χ1v) is 4.71. The van der Waals surface area contributed by atoms with Crippen molar-refractivity contribution in [1.29, 1.82) is 0 Å². The first-order chi connectivity index (χ1) is 5.93. The van der Waals surface area contributed by atoms with E-state index in [1.807, 2.05) is 0 Å². The zero-order chi connectivity index (χ0) is 10.1. The third-order valence-electron chi connectivity index (χ3n) is 3.07. The molecule has 0 spiro atoms. The monoisotopic (exact) mass is 181 g/mol. The minimum absolute atomic E-state index is 0.00583. The van der Waals surface area contributed by atoms with Crippen molar-refractivity contribution >= 4 is 0 Å². The summed E-state index contributed by atoms with van der Waals surface area (Å²) in [5.74, 6) is 2.82. The molecule has 0 amide bonds.